The number of carbonyl (C=O) groups excluding carboxylic acids is 2. The molecule has 1 aliphatic rings. The summed E-state index contributed by atoms with van der Waals surface area (Å²) in [6, 6.07) is 11.9. The van der Waals surface area contributed by atoms with Gasteiger partial charge in [0, 0.05) is 22.5 Å². The summed E-state index contributed by atoms with van der Waals surface area (Å²) in [5.74, 6) is 0.989. The second-order valence-electron chi connectivity index (χ2n) is 6.66. The quantitative estimate of drug-likeness (QED) is 0.584. The van der Waals surface area contributed by atoms with Crippen LogP contribution in [0.4, 0.5) is 11.4 Å². The van der Waals surface area contributed by atoms with Gasteiger partial charge in [-0.15, -0.1) is 0 Å². The predicted octanol–water partition coefficient (Wildman–Crippen LogP) is 4.05. The highest BCUT2D eigenvalue weighted by atomic mass is 16.5. The number of ether oxygens (including phenoxy) is 3. The molecule has 31 heavy (non-hydrogen) atoms. The molecule has 0 radical (unpaired) electrons. The smallest absolute Gasteiger partial charge is 0.291 e. The molecular formula is C23H20N2O6. The Kier molecular flexibility index (Phi) is 5.36. The number of methoxy groups -OCH3 is 3. The third-order valence-electron chi connectivity index (χ3n) is 4.80. The van der Waals surface area contributed by atoms with E-state index in [1.807, 2.05) is 0 Å². The Balaban J connectivity index is 1.71. The second-order valence-corrected chi connectivity index (χ2v) is 6.66. The van der Waals surface area contributed by atoms with Crippen LogP contribution in [0.3, 0.4) is 0 Å². The maximum Gasteiger partial charge on any atom is 0.291 e. The molecule has 1 aliphatic heterocycles. The minimum absolute atomic E-state index is 0.197. The van der Waals surface area contributed by atoms with Gasteiger partial charge in [0.1, 0.15) is 0 Å². The van der Waals surface area contributed by atoms with E-state index in [1.54, 1.807) is 48.5 Å². The van der Waals surface area contributed by atoms with E-state index in [0.29, 0.717) is 45.3 Å². The van der Waals surface area contributed by atoms with Crippen LogP contribution in [0.5, 0.6) is 17.2 Å². The molecule has 0 saturated heterocycles. The summed E-state index contributed by atoms with van der Waals surface area (Å²) in [5.41, 5.74) is 2.99. The highest BCUT2D eigenvalue weighted by molar-refractivity contribution is 6.35. The van der Waals surface area contributed by atoms with Gasteiger partial charge in [-0.3, -0.25) is 9.59 Å². The van der Waals surface area contributed by atoms with Crippen LogP contribution in [0.15, 0.2) is 53.1 Å². The van der Waals surface area contributed by atoms with Crippen molar-refractivity contribution in [2.45, 2.75) is 0 Å². The molecule has 2 N–H and O–H groups in total. The molecule has 0 bridgehead atoms. The van der Waals surface area contributed by atoms with E-state index in [4.69, 9.17) is 18.6 Å². The van der Waals surface area contributed by atoms with Gasteiger partial charge >= 0.3 is 0 Å². The van der Waals surface area contributed by atoms with Crippen molar-refractivity contribution in [3.8, 4) is 17.2 Å². The van der Waals surface area contributed by atoms with Crippen molar-refractivity contribution in [1.29, 1.82) is 0 Å². The fourth-order valence-corrected chi connectivity index (χ4v) is 3.36. The van der Waals surface area contributed by atoms with Gasteiger partial charge in [-0.05, 0) is 54.1 Å². The summed E-state index contributed by atoms with van der Waals surface area (Å²) in [6.07, 6.45) is 3.15. The second kappa shape index (κ2) is 8.27. The highest BCUT2D eigenvalue weighted by Crippen LogP contribution is 2.40. The number of hydrogen-bond donors (Lipinski definition) is 2. The standard InChI is InChI=1S/C23H20N2O6/c1-28-19-10-13(11-20(29-2)21(19)30-3)9-16-15-12-14(6-7-17(15)25-22(16)26)24-23(27)18-5-4-8-31-18/h4-12H,1-3H3,(H,24,27)(H,25,26). The average Bonchev–Trinajstić information content (AvgIpc) is 3.42. The highest BCUT2D eigenvalue weighted by Gasteiger charge is 2.25. The zero-order valence-corrected chi connectivity index (χ0v) is 17.1. The molecule has 0 spiro atoms. The molecule has 8 nitrogen and oxygen atoms in total. The van der Waals surface area contributed by atoms with Crippen LogP contribution in [0.25, 0.3) is 11.6 Å². The van der Waals surface area contributed by atoms with Crippen molar-refractivity contribution in [2.24, 2.45) is 0 Å². The number of benzene rings is 2. The zero-order valence-electron chi connectivity index (χ0n) is 17.1. The van der Waals surface area contributed by atoms with Gasteiger partial charge in [-0.1, -0.05) is 0 Å². The fourth-order valence-electron chi connectivity index (χ4n) is 3.36. The van der Waals surface area contributed by atoms with Crippen LogP contribution in [0, 0.1) is 0 Å². The monoisotopic (exact) mass is 420 g/mol. The van der Waals surface area contributed by atoms with Crippen LogP contribution in [-0.2, 0) is 4.79 Å². The SMILES string of the molecule is COc1cc(C=C2C(=O)Nc3ccc(NC(=O)c4ccco4)cc32)cc(OC)c1OC. The number of hydrogen-bond acceptors (Lipinski definition) is 6. The topological polar surface area (TPSA) is 99.0 Å². The number of nitrogens with one attached hydrogen (secondary N) is 2. The molecule has 158 valence electrons. The van der Waals surface area contributed by atoms with E-state index in [1.165, 1.54) is 27.6 Å². The van der Waals surface area contributed by atoms with E-state index < -0.39 is 0 Å². The first-order valence-corrected chi connectivity index (χ1v) is 9.36. The van der Waals surface area contributed by atoms with Crippen LogP contribution >= 0.6 is 0 Å². The average molecular weight is 420 g/mol. The van der Waals surface area contributed by atoms with Crippen molar-refractivity contribution in [2.75, 3.05) is 32.0 Å². The van der Waals surface area contributed by atoms with Crippen LogP contribution in [0.2, 0.25) is 0 Å². The van der Waals surface area contributed by atoms with Gasteiger partial charge in [0.2, 0.25) is 5.75 Å². The molecule has 2 heterocycles. The third-order valence-corrected chi connectivity index (χ3v) is 4.80. The number of fused-ring (bicyclic) bond motifs is 1. The first-order valence-electron chi connectivity index (χ1n) is 9.36. The predicted molar refractivity (Wildman–Crippen MR) is 116 cm³/mol. The first-order chi connectivity index (χ1) is 15.0. The van der Waals surface area contributed by atoms with Gasteiger partial charge in [-0.25, -0.2) is 0 Å². The Morgan fingerprint density at radius 3 is 2.39 bits per heavy atom. The van der Waals surface area contributed by atoms with E-state index in [2.05, 4.69) is 10.6 Å². The van der Waals surface area contributed by atoms with Crippen molar-refractivity contribution >= 4 is 34.8 Å². The Labute approximate surface area is 178 Å². The number of rotatable bonds is 6. The van der Waals surface area contributed by atoms with E-state index in [-0.39, 0.29) is 17.6 Å². The number of furan rings is 1. The Bertz CT molecular complexity index is 1160. The minimum Gasteiger partial charge on any atom is -0.493 e. The molecule has 0 aliphatic carbocycles. The number of anilines is 2. The summed E-state index contributed by atoms with van der Waals surface area (Å²) in [6.45, 7) is 0. The Morgan fingerprint density at radius 2 is 1.77 bits per heavy atom. The summed E-state index contributed by atoms with van der Waals surface area (Å²) in [5, 5.41) is 5.60. The van der Waals surface area contributed by atoms with Crippen molar-refractivity contribution in [3.05, 3.63) is 65.6 Å². The van der Waals surface area contributed by atoms with Crippen molar-refractivity contribution in [1.82, 2.24) is 0 Å². The Hall–Kier alpha value is -4.20. The maximum absolute atomic E-state index is 12.6. The minimum atomic E-state index is -0.377. The van der Waals surface area contributed by atoms with Crippen LogP contribution in [-0.4, -0.2) is 33.1 Å². The molecule has 4 rings (SSSR count). The molecule has 2 aromatic carbocycles. The number of amides is 2. The summed E-state index contributed by atoms with van der Waals surface area (Å²) in [7, 11) is 4.58. The molecular weight excluding hydrogens is 400 g/mol. The lowest BCUT2D eigenvalue weighted by molar-refractivity contribution is -0.110. The number of carbonyl (C=O) groups is 2. The summed E-state index contributed by atoms with van der Waals surface area (Å²) >= 11 is 0. The van der Waals surface area contributed by atoms with Gasteiger partial charge < -0.3 is 29.3 Å². The lowest BCUT2D eigenvalue weighted by Crippen LogP contribution is -2.10. The normalized spacial score (nSPS) is 13.5. The summed E-state index contributed by atoms with van der Waals surface area (Å²) in [4.78, 5) is 24.9. The van der Waals surface area contributed by atoms with Gasteiger partial charge in [0.25, 0.3) is 11.8 Å². The molecule has 0 atom stereocenters. The van der Waals surface area contributed by atoms with E-state index >= 15 is 0 Å². The molecule has 0 fully saturated rings. The third kappa shape index (κ3) is 3.83. The summed E-state index contributed by atoms with van der Waals surface area (Å²) < 4.78 is 21.2. The van der Waals surface area contributed by atoms with Crippen LogP contribution < -0.4 is 24.8 Å². The van der Waals surface area contributed by atoms with Gasteiger partial charge in [0.15, 0.2) is 17.3 Å². The maximum atomic E-state index is 12.6. The molecule has 2 amide bonds. The van der Waals surface area contributed by atoms with E-state index in [9.17, 15) is 9.59 Å². The molecule has 1 aromatic heterocycles. The molecule has 3 aromatic rings. The Morgan fingerprint density at radius 1 is 1.03 bits per heavy atom. The molecule has 8 heteroatoms. The van der Waals surface area contributed by atoms with Crippen molar-refractivity contribution in [3.63, 3.8) is 0 Å². The zero-order chi connectivity index (χ0) is 22.0. The van der Waals surface area contributed by atoms with Gasteiger partial charge in [0.05, 0.1) is 27.6 Å². The van der Waals surface area contributed by atoms with Crippen molar-refractivity contribution < 1.29 is 28.2 Å². The largest absolute Gasteiger partial charge is 0.493 e. The fraction of sp³-hybridized carbons (Fsp3) is 0.130. The van der Waals surface area contributed by atoms with E-state index in [0.717, 1.165) is 0 Å². The van der Waals surface area contributed by atoms with Gasteiger partial charge in [-0.2, -0.15) is 0 Å². The molecule has 0 unspecified atom stereocenters. The lowest BCUT2D eigenvalue weighted by atomic mass is 10.0. The lowest BCUT2D eigenvalue weighted by Gasteiger charge is -2.13. The molecule has 0 saturated carbocycles. The van der Waals surface area contributed by atoms with Crippen LogP contribution in [0.1, 0.15) is 21.7 Å². The first kappa shape index (κ1) is 20.1.